The normalized spacial score (nSPS) is 11.5. The number of nitrogens with one attached hydrogen (secondary N) is 1. The van der Waals surface area contributed by atoms with Crippen LogP contribution in [0.25, 0.3) is 0 Å². The molecule has 0 aliphatic carbocycles. The number of carbonyl (C=O) groups excluding carboxylic acids is 1. The van der Waals surface area contributed by atoms with Crippen LogP contribution in [-0.2, 0) is 16.0 Å². The first-order chi connectivity index (χ1) is 16.3. The number of hydrogen-bond donors (Lipinski definition) is 1. The van der Waals surface area contributed by atoms with Gasteiger partial charge in [0.05, 0.1) is 12.0 Å². The SMILES string of the molecule is COc1nc(C#N)ccc1Oc1nnc(C(F)(F)F)c(C)c1C(=O)Nc1cccc(S(C)(=O)=O)c1. The number of hydrogen-bond acceptors (Lipinski definition) is 9. The topological polar surface area (TPSA) is 144 Å². The zero-order valence-electron chi connectivity index (χ0n) is 18.3. The zero-order valence-corrected chi connectivity index (χ0v) is 19.2. The lowest BCUT2D eigenvalue weighted by molar-refractivity contribution is -0.142. The number of halogens is 3. The average Bonchev–Trinajstić information content (AvgIpc) is 2.78. The number of methoxy groups -OCH3 is 1. The summed E-state index contributed by atoms with van der Waals surface area (Å²) in [6.07, 6.45) is -3.96. The van der Waals surface area contributed by atoms with Crippen LogP contribution < -0.4 is 14.8 Å². The van der Waals surface area contributed by atoms with Gasteiger partial charge in [0, 0.05) is 11.9 Å². The number of rotatable bonds is 6. The molecule has 0 fully saturated rings. The van der Waals surface area contributed by atoms with E-state index in [4.69, 9.17) is 14.7 Å². The summed E-state index contributed by atoms with van der Waals surface area (Å²) in [5, 5.41) is 17.9. The second-order valence-electron chi connectivity index (χ2n) is 7.02. The first-order valence-corrected chi connectivity index (χ1v) is 11.4. The van der Waals surface area contributed by atoms with E-state index in [0.717, 1.165) is 19.2 Å². The number of nitrogens with zero attached hydrogens (tertiary/aromatic N) is 4. The molecule has 0 aliphatic rings. The number of sulfone groups is 1. The van der Waals surface area contributed by atoms with Crippen LogP contribution in [-0.4, -0.2) is 42.9 Å². The Bertz CT molecular complexity index is 1450. The van der Waals surface area contributed by atoms with Crippen LogP contribution >= 0.6 is 0 Å². The van der Waals surface area contributed by atoms with Crippen molar-refractivity contribution in [3.63, 3.8) is 0 Å². The molecule has 182 valence electrons. The lowest BCUT2D eigenvalue weighted by atomic mass is 10.1. The molecule has 0 saturated carbocycles. The maximum Gasteiger partial charge on any atom is 0.435 e. The highest BCUT2D eigenvalue weighted by Crippen LogP contribution is 2.36. The van der Waals surface area contributed by atoms with Gasteiger partial charge in [-0.25, -0.2) is 8.42 Å². The van der Waals surface area contributed by atoms with E-state index in [-0.39, 0.29) is 27.9 Å². The predicted molar refractivity (Wildman–Crippen MR) is 115 cm³/mol. The molecular weight excluding hydrogens is 491 g/mol. The van der Waals surface area contributed by atoms with Crippen LogP contribution in [0.15, 0.2) is 41.3 Å². The minimum Gasteiger partial charge on any atom is -0.478 e. The molecule has 14 heteroatoms. The van der Waals surface area contributed by atoms with Gasteiger partial charge in [0.15, 0.2) is 21.3 Å². The van der Waals surface area contributed by atoms with Gasteiger partial charge in [-0.2, -0.15) is 23.4 Å². The molecule has 1 amide bonds. The summed E-state index contributed by atoms with van der Waals surface area (Å²) in [5.41, 5.74) is -2.62. The molecule has 1 aromatic carbocycles. The van der Waals surface area contributed by atoms with E-state index < -0.39 is 44.6 Å². The number of benzene rings is 1. The van der Waals surface area contributed by atoms with Crippen LogP contribution in [0.1, 0.15) is 27.3 Å². The third-order valence-corrected chi connectivity index (χ3v) is 5.65. The summed E-state index contributed by atoms with van der Waals surface area (Å²) in [7, 11) is -2.39. The van der Waals surface area contributed by atoms with Crippen molar-refractivity contribution in [1.29, 1.82) is 5.26 Å². The van der Waals surface area contributed by atoms with Crippen molar-refractivity contribution in [2.45, 2.75) is 18.0 Å². The van der Waals surface area contributed by atoms with Crippen molar-refractivity contribution in [2.24, 2.45) is 0 Å². The minimum absolute atomic E-state index is 0.00580. The summed E-state index contributed by atoms with van der Waals surface area (Å²) in [6.45, 7) is 1.01. The number of anilines is 1. The van der Waals surface area contributed by atoms with Gasteiger partial charge in [-0.1, -0.05) is 6.07 Å². The second-order valence-corrected chi connectivity index (χ2v) is 9.04. The summed E-state index contributed by atoms with van der Waals surface area (Å²) < 4.78 is 74.5. The molecule has 3 aromatic rings. The Balaban J connectivity index is 2.10. The van der Waals surface area contributed by atoms with Crippen LogP contribution in [0.3, 0.4) is 0 Å². The Morgan fingerprint density at radius 3 is 2.46 bits per heavy atom. The largest absolute Gasteiger partial charge is 0.478 e. The molecule has 10 nitrogen and oxygen atoms in total. The Morgan fingerprint density at radius 1 is 1.14 bits per heavy atom. The van der Waals surface area contributed by atoms with Crippen molar-refractivity contribution < 1.29 is 35.9 Å². The number of pyridine rings is 1. The number of nitriles is 1. The molecule has 0 bridgehead atoms. The number of amides is 1. The molecule has 0 spiro atoms. The Kier molecular flexibility index (Phi) is 6.92. The lowest BCUT2D eigenvalue weighted by Gasteiger charge is -2.16. The Morgan fingerprint density at radius 2 is 1.86 bits per heavy atom. The van der Waals surface area contributed by atoms with Crippen LogP contribution in [0.5, 0.6) is 17.5 Å². The molecule has 0 unspecified atom stereocenters. The highest BCUT2D eigenvalue weighted by Gasteiger charge is 2.38. The first-order valence-electron chi connectivity index (χ1n) is 9.54. The standard InChI is InChI=1S/C21H16F3N5O5S/c1-11-16(18(30)26-12-5-4-6-14(9-12)35(3,31)32)20(29-28-17(11)21(22,23)24)34-15-8-7-13(10-25)27-19(15)33-2/h4-9H,1-3H3,(H,26,30). The van der Waals surface area contributed by atoms with E-state index in [0.29, 0.717) is 0 Å². The molecule has 0 aliphatic heterocycles. The molecule has 1 N–H and O–H groups in total. The third kappa shape index (κ3) is 5.64. The van der Waals surface area contributed by atoms with Gasteiger partial charge in [0.2, 0.25) is 0 Å². The second kappa shape index (κ2) is 9.55. The van der Waals surface area contributed by atoms with Gasteiger partial charge in [0.25, 0.3) is 17.7 Å². The van der Waals surface area contributed by atoms with Crippen molar-refractivity contribution in [1.82, 2.24) is 15.2 Å². The van der Waals surface area contributed by atoms with Crippen molar-refractivity contribution >= 4 is 21.4 Å². The summed E-state index contributed by atoms with van der Waals surface area (Å²) in [4.78, 5) is 16.8. The van der Waals surface area contributed by atoms with Gasteiger partial charge in [0.1, 0.15) is 17.3 Å². The van der Waals surface area contributed by atoms with E-state index in [1.165, 1.54) is 37.4 Å². The van der Waals surface area contributed by atoms with Crippen LogP contribution in [0, 0.1) is 18.3 Å². The molecule has 0 saturated heterocycles. The van der Waals surface area contributed by atoms with Gasteiger partial charge in [-0.3, -0.25) is 4.79 Å². The maximum atomic E-state index is 13.5. The number of carbonyl (C=O) groups is 1. The number of aromatic nitrogens is 3. The van der Waals surface area contributed by atoms with Gasteiger partial charge in [-0.15, -0.1) is 10.2 Å². The van der Waals surface area contributed by atoms with E-state index in [9.17, 15) is 26.4 Å². The first kappa shape index (κ1) is 25.4. The molecule has 2 heterocycles. The minimum atomic E-state index is -4.92. The highest BCUT2D eigenvalue weighted by molar-refractivity contribution is 7.90. The zero-order chi connectivity index (χ0) is 26.0. The molecule has 0 atom stereocenters. The van der Waals surface area contributed by atoms with E-state index in [1.807, 2.05) is 0 Å². The van der Waals surface area contributed by atoms with Gasteiger partial charge >= 0.3 is 6.18 Å². The predicted octanol–water partition coefficient (Wildman–Crippen LogP) is 3.53. The average molecular weight is 507 g/mol. The fourth-order valence-electron chi connectivity index (χ4n) is 2.92. The maximum absolute atomic E-state index is 13.5. The quantitative estimate of drug-likeness (QED) is 0.530. The van der Waals surface area contributed by atoms with Crippen molar-refractivity contribution in [3.05, 3.63) is 58.9 Å². The smallest absolute Gasteiger partial charge is 0.435 e. The van der Waals surface area contributed by atoms with Crippen LogP contribution in [0.4, 0.5) is 18.9 Å². The monoisotopic (exact) mass is 507 g/mol. The lowest BCUT2D eigenvalue weighted by Crippen LogP contribution is -2.21. The fraction of sp³-hybridized carbons (Fsp3) is 0.190. The molecule has 0 radical (unpaired) electrons. The molecule has 2 aromatic heterocycles. The number of ether oxygens (including phenoxy) is 2. The Hall–Kier alpha value is -4.25. The molecule has 3 rings (SSSR count). The van der Waals surface area contributed by atoms with Crippen molar-refractivity contribution in [3.8, 4) is 23.6 Å². The van der Waals surface area contributed by atoms with E-state index in [2.05, 4.69) is 20.5 Å². The molecule has 35 heavy (non-hydrogen) atoms. The summed E-state index contributed by atoms with van der Waals surface area (Å²) >= 11 is 0. The third-order valence-electron chi connectivity index (χ3n) is 4.54. The van der Waals surface area contributed by atoms with Crippen molar-refractivity contribution in [2.75, 3.05) is 18.7 Å². The van der Waals surface area contributed by atoms with Crippen LogP contribution in [0.2, 0.25) is 0 Å². The summed E-state index contributed by atoms with van der Waals surface area (Å²) in [5.74, 6) is -2.00. The fourth-order valence-corrected chi connectivity index (χ4v) is 3.59. The van der Waals surface area contributed by atoms with Gasteiger partial charge < -0.3 is 14.8 Å². The molecular formula is C21H16F3N5O5S. The number of alkyl halides is 3. The highest BCUT2D eigenvalue weighted by atomic mass is 32.2. The van der Waals surface area contributed by atoms with E-state index >= 15 is 0 Å². The van der Waals surface area contributed by atoms with Gasteiger partial charge in [-0.05, 0) is 42.8 Å². The van der Waals surface area contributed by atoms with E-state index in [1.54, 1.807) is 6.07 Å². The Labute approximate surface area is 197 Å². The summed E-state index contributed by atoms with van der Waals surface area (Å²) in [6, 6.07) is 9.47.